The Morgan fingerprint density at radius 2 is 2.27 bits per heavy atom. The molecule has 0 aromatic carbocycles. The summed E-state index contributed by atoms with van der Waals surface area (Å²) in [5, 5.41) is 3.63. The SMILES string of the molecule is CC(C)OCCN1C[C@@H]2CCCN[C@@H]2C1. The highest BCUT2D eigenvalue weighted by molar-refractivity contribution is 4.91. The van der Waals surface area contributed by atoms with Gasteiger partial charge in [0.1, 0.15) is 0 Å². The molecule has 0 aromatic heterocycles. The first-order valence-corrected chi connectivity index (χ1v) is 6.33. The minimum atomic E-state index is 0.369. The molecule has 3 nitrogen and oxygen atoms in total. The molecule has 88 valence electrons. The average molecular weight is 212 g/mol. The molecule has 2 saturated heterocycles. The van der Waals surface area contributed by atoms with Crippen LogP contribution in [0.25, 0.3) is 0 Å². The first-order chi connectivity index (χ1) is 7.25. The lowest BCUT2D eigenvalue weighted by Gasteiger charge is -2.24. The molecule has 0 radical (unpaired) electrons. The second-order valence-corrected chi connectivity index (χ2v) is 5.14. The molecule has 0 saturated carbocycles. The largest absolute Gasteiger partial charge is 0.377 e. The highest BCUT2D eigenvalue weighted by Gasteiger charge is 2.33. The van der Waals surface area contributed by atoms with Gasteiger partial charge in [0, 0.05) is 25.7 Å². The molecule has 3 heteroatoms. The van der Waals surface area contributed by atoms with Crippen molar-refractivity contribution in [2.45, 2.75) is 38.8 Å². The predicted octanol–water partition coefficient (Wildman–Crippen LogP) is 1.10. The normalized spacial score (nSPS) is 32.2. The zero-order valence-electron chi connectivity index (χ0n) is 10.0. The summed E-state index contributed by atoms with van der Waals surface area (Å²) in [7, 11) is 0. The van der Waals surface area contributed by atoms with Crippen LogP contribution in [0.4, 0.5) is 0 Å². The van der Waals surface area contributed by atoms with E-state index in [9.17, 15) is 0 Å². The van der Waals surface area contributed by atoms with Gasteiger partial charge in [0.2, 0.25) is 0 Å². The van der Waals surface area contributed by atoms with Crippen LogP contribution in [0.15, 0.2) is 0 Å². The Morgan fingerprint density at radius 3 is 3.00 bits per heavy atom. The molecule has 2 heterocycles. The molecule has 0 amide bonds. The molecule has 2 aliphatic rings. The molecular weight excluding hydrogens is 188 g/mol. The van der Waals surface area contributed by atoms with Gasteiger partial charge >= 0.3 is 0 Å². The lowest BCUT2D eigenvalue weighted by Crippen LogP contribution is -2.40. The lowest BCUT2D eigenvalue weighted by atomic mass is 9.94. The fourth-order valence-corrected chi connectivity index (χ4v) is 2.74. The average Bonchev–Trinajstić information content (AvgIpc) is 2.59. The molecule has 0 aromatic rings. The van der Waals surface area contributed by atoms with Gasteiger partial charge in [-0.15, -0.1) is 0 Å². The monoisotopic (exact) mass is 212 g/mol. The number of likely N-dealkylation sites (tertiary alicyclic amines) is 1. The molecule has 2 aliphatic heterocycles. The quantitative estimate of drug-likeness (QED) is 0.755. The van der Waals surface area contributed by atoms with Crippen LogP contribution in [0.2, 0.25) is 0 Å². The Kier molecular flexibility index (Phi) is 4.00. The minimum absolute atomic E-state index is 0.369. The number of nitrogens with one attached hydrogen (secondary N) is 1. The van der Waals surface area contributed by atoms with Gasteiger partial charge in [0.05, 0.1) is 12.7 Å². The summed E-state index contributed by atoms with van der Waals surface area (Å²) in [6, 6.07) is 0.762. The molecule has 1 N–H and O–H groups in total. The van der Waals surface area contributed by atoms with Crippen LogP contribution in [0.3, 0.4) is 0 Å². The van der Waals surface area contributed by atoms with Gasteiger partial charge < -0.3 is 10.1 Å². The number of rotatable bonds is 4. The van der Waals surface area contributed by atoms with Crippen LogP contribution in [-0.4, -0.2) is 49.8 Å². The second-order valence-electron chi connectivity index (χ2n) is 5.14. The Morgan fingerprint density at radius 1 is 1.40 bits per heavy atom. The van der Waals surface area contributed by atoms with E-state index in [0.29, 0.717) is 6.10 Å². The molecule has 2 rings (SSSR count). The Hall–Kier alpha value is -0.120. The smallest absolute Gasteiger partial charge is 0.0596 e. The van der Waals surface area contributed by atoms with Crippen molar-refractivity contribution in [2.24, 2.45) is 5.92 Å². The highest BCUT2D eigenvalue weighted by Crippen LogP contribution is 2.24. The van der Waals surface area contributed by atoms with E-state index in [-0.39, 0.29) is 0 Å². The van der Waals surface area contributed by atoms with Crippen LogP contribution in [0, 0.1) is 5.92 Å². The van der Waals surface area contributed by atoms with Crippen LogP contribution < -0.4 is 5.32 Å². The summed E-state index contributed by atoms with van der Waals surface area (Å²) in [4.78, 5) is 2.55. The van der Waals surface area contributed by atoms with Crippen molar-refractivity contribution in [2.75, 3.05) is 32.8 Å². The van der Waals surface area contributed by atoms with Crippen molar-refractivity contribution in [3.63, 3.8) is 0 Å². The summed E-state index contributed by atoms with van der Waals surface area (Å²) >= 11 is 0. The number of fused-ring (bicyclic) bond motifs is 1. The summed E-state index contributed by atoms with van der Waals surface area (Å²) < 4.78 is 5.60. The third-order valence-electron chi connectivity index (χ3n) is 3.53. The fraction of sp³-hybridized carbons (Fsp3) is 1.00. The topological polar surface area (TPSA) is 24.5 Å². The number of nitrogens with zero attached hydrogens (tertiary/aromatic N) is 1. The molecular formula is C12H24N2O. The van der Waals surface area contributed by atoms with Crippen molar-refractivity contribution >= 4 is 0 Å². The molecule has 0 bridgehead atoms. The third-order valence-corrected chi connectivity index (χ3v) is 3.53. The van der Waals surface area contributed by atoms with Gasteiger partial charge in [-0.2, -0.15) is 0 Å². The lowest BCUT2D eigenvalue weighted by molar-refractivity contribution is 0.0627. The van der Waals surface area contributed by atoms with E-state index < -0.39 is 0 Å². The maximum atomic E-state index is 5.60. The van der Waals surface area contributed by atoms with E-state index >= 15 is 0 Å². The van der Waals surface area contributed by atoms with E-state index in [1.54, 1.807) is 0 Å². The maximum absolute atomic E-state index is 5.60. The number of ether oxygens (including phenoxy) is 1. The summed E-state index contributed by atoms with van der Waals surface area (Å²) in [5.41, 5.74) is 0. The molecule has 0 spiro atoms. The highest BCUT2D eigenvalue weighted by atomic mass is 16.5. The predicted molar refractivity (Wildman–Crippen MR) is 62.0 cm³/mol. The number of hydrogen-bond donors (Lipinski definition) is 1. The third kappa shape index (κ3) is 3.16. The maximum Gasteiger partial charge on any atom is 0.0596 e. The van der Waals surface area contributed by atoms with Crippen molar-refractivity contribution in [1.82, 2.24) is 10.2 Å². The summed E-state index contributed by atoms with van der Waals surface area (Å²) in [6.45, 7) is 9.92. The summed E-state index contributed by atoms with van der Waals surface area (Å²) in [5.74, 6) is 0.901. The standard InChI is InChI=1S/C12H24N2O/c1-10(2)15-7-6-14-8-11-4-3-5-13-12(11)9-14/h10-13H,3-9H2,1-2H3/t11-,12+/m0/s1. The van der Waals surface area contributed by atoms with Gasteiger partial charge in [-0.25, -0.2) is 0 Å². The first-order valence-electron chi connectivity index (χ1n) is 6.33. The van der Waals surface area contributed by atoms with E-state index in [1.807, 2.05) is 0 Å². The Balaban J connectivity index is 1.67. The van der Waals surface area contributed by atoms with E-state index in [4.69, 9.17) is 4.74 Å². The van der Waals surface area contributed by atoms with Crippen molar-refractivity contribution in [3.8, 4) is 0 Å². The van der Waals surface area contributed by atoms with Crippen LogP contribution >= 0.6 is 0 Å². The van der Waals surface area contributed by atoms with Gasteiger partial charge in [-0.3, -0.25) is 4.90 Å². The van der Waals surface area contributed by atoms with Gasteiger partial charge in [-0.05, 0) is 39.2 Å². The van der Waals surface area contributed by atoms with Crippen LogP contribution in [-0.2, 0) is 4.74 Å². The van der Waals surface area contributed by atoms with Gasteiger partial charge in [-0.1, -0.05) is 0 Å². The zero-order chi connectivity index (χ0) is 10.7. The van der Waals surface area contributed by atoms with Crippen molar-refractivity contribution < 1.29 is 4.74 Å². The molecule has 0 unspecified atom stereocenters. The van der Waals surface area contributed by atoms with Crippen LogP contribution in [0.5, 0.6) is 0 Å². The first kappa shape index (κ1) is 11.4. The summed E-state index contributed by atoms with van der Waals surface area (Å²) in [6.07, 6.45) is 3.14. The van der Waals surface area contributed by atoms with Crippen LogP contribution in [0.1, 0.15) is 26.7 Å². The van der Waals surface area contributed by atoms with E-state index in [2.05, 4.69) is 24.1 Å². The van der Waals surface area contributed by atoms with E-state index in [0.717, 1.165) is 25.1 Å². The minimum Gasteiger partial charge on any atom is -0.377 e. The number of piperidine rings is 1. The molecule has 2 fully saturated rings. The molecule has 15 heavy (non-hydrogen) atoms. The zero-order valence-corrected chi connectivity index (χ0v) is 10.0. The van der Waals surface area contributed by atoms with Gasteiger partial charge in [0.15, 0.2) is 0 Å². The Labute approximate surface area is 93.2 Å². The number of hydrogen-bond acceptors (Lipinski definition) is 3. The van der Waals surface area contributed by atoms with Crippen molar-refractivity contribution in [3.05, 3.63) is 0 Å². The van der Waals surface area contributed by atoms with Crippen molar-refractivity contribution in [1.29, 1.82) is 0 Å². The Bertz CT molecular complexity index is 182. The molecule has 0 aliphatic carbocycles. The van der Waals surface area contributed by atoms with Gasteiger partial charge in [0.25, 0.3) is 0 Å². The fourth-order valence-electron chi connectivity index (χ4n) is 2.74. The second kappa shape index (κ2) is 5.28. The van der Waals surface area contributed by atoms with E-state index in [1.165, 1.54) is 32.5 Å². The molecule has 2 atom stereocenters.